The number of esters is 1. The predicted molar refractivity (Wildman–Crippen MR) is 145 cm³/mol. The SMILES string of the molecule is Cc1cc(Nc2nccc(OC(C)C)n2)cc(-c2cnc([C@]3(O)CC[C@H](C(=O)OC(C)(C)C)CC3)s2)c1. The number of nitrogens with zero attached hydrogens (tertiary/aromatic N) is 3. The number of thiazole rings is 1. The van der Waals surface area contributed by atoms with Gasteiger partial charge in [0.05, 0.1) is 16.9 Å². The molecule has 1 fully saturated rings. The summed E-state index contributed by atoms with van der Waals surface area (Å²) in [5.41, 5.74) is 1.38. The summed E-state index contributed by atoms with van der Waals surface area (Å²) in [5, 5.41) is 15.3. The zero-order valence-electron chi connectivity index (χ0n) is 22.4. The number of anilines is 2. The minimum absolute atomic E-state index is 0.0241. The van der Waals surface area contributed by atoms with E-state index in [-0.39, 0.29) is 18.0 Å². The Labute approximate surface area is 222 Å². The van der Waals surface area contributed by atoms with Crippen LogP contribution in [0, 0.1) is 12.8 Å². The minimum atomic E-state index is -1.03. The Bertz CT molecular complexity index is 1240. The zero-order valence-corrected chi connectivity index (χ0v) is 23.2. The lowest BCUT2D eigenvalue weighted by Gasteiger charge is -2.34. The van der Waals surface area contributed by atoms with Gasteiger partial charge in [0.15, 0.2) is 0 Å². The number of hydrogen-bond donors (Lipinski definition) is 2. The van der Waals surface area contributed by atoms with E-state index in [1.807, 2.05) is 59.9 Å². The number of aromatic nitrogens is 3. The second-order valence-electron chi connectivity index (χ2n) is 11.0. The van der Waals surface area contributed by atoms with Crippen LogP contribution in [0.5, 0.6) is 5.88 Å². The van der Waals surface area contributed by atoms with Crippen LogP contribution in [0.3, 0.4) is 0 Å². The average molecular weight is 525 g/mol. The van der Waals surface area contributed by atoms with Crippen molar-refractivity contribution in [2.75, 3.05) is 5.32 Å². The molecule has 1 saturated carbocycles. The molecule has 4 rings (SSSR count). The molecule has 1 aliphatic rings. The van der Waals surface area contributed by atoms with E-state index in [0.717, 1.165) is 21.7 Å². The predicted octanol–water partition coefficient (Wildman–Crippen LogP) is 6.16. The second-order valence-corrected chi connectivity index (χ2v) is 12.0. The molecule has 2 heterocycles. The van der Waals surface area contributed by atoms with Crippen molar-refractivity contribution in [3.63, 3.8) is 0 Å². The van der Waals surface area contributed by atoms with Crippen LogP contribution in [0.4, 0.5) is 11.6 Å². The molecule has 0 atom stereocenters. The summed E-state index contributed by atoms with van der Waals surface area (Å²) >= 11 is 1.49. The number of carbonyl (C=O) groups is 1. The van der Waals surface area contributed by atoms with Crippen LogP contribution < -0.4 is 10.1 Å². The van der Waals surface area contributed by atoms with Gasteiger partial charge < -0.3 is 19.9 Å². The first-order valence-electron chi connectivity index (χ1n) is 12.7. The van der Waals surface area contributed by atoms with Crippen LogP contribution in [-0.4, -0.2) is 37.7 Å². The smallest absolute Gasteiger partial charge is 0.309 e. The fraction of sp³-hybridized carbons (Fsp3) is 0.500. The summed E-state index contributed by atoms with van der Waals surface area (Å²) in [6.45, 7) is 11.6. The molecule has 3 aromatic rings. The molecule has 0 bridgehead atoms. The van der Waals surface area contributed by atoms with Crippen LogP contribution in [0.15, 0.2) is 36.7 Å². The molecule has 37 heavy (non-hydrogen) atoms. The van der Waals surface area contributed by atoms with Gasteiger partial charge in [-0.1, -0.05) is 6.07 Å². The highest BCUT2D eigenvalue weighted by molar-refractivity contribution is 7.15. The van der Waals surface area contributed by atoms with Crippen LogP contribution in [0.1, 0.15) is 70.9 Å². The van der Waals surface area contributed by atoms with Gasteiger partial charge in [-0.2, -0.15) is 4.98 Å². The van der Waals surface area contributed by atoms with Crippen molar-refractivity contribution in [1.82, 2.24) is 15.0 Å². The van der Waals surface area contributed by atoms with E-state index >= 15 is 0 Å². The third kappa shape index (κ3) is 7.05. The lowest BCUT2D eigenvalue weighted by atomic mass is 9.79. The summed E-state index contributed by atoms with van der Waals surface area (Å²) in [7, 11) is 0. The van der Waals surface area contributed by atoms with E-state index in [2.05, 4.69) is 26.3 Å². The number of ether oxygens (including phenoxy) is 2. The van der Waals surface area contributed by atoms with Crippen molar-refractivity contribution in [2.24, 2.45) is 5.92 Å². The Morgan fingerprint density at radius 2 is 1.92 bits per heavy atom. The Morgan fingerprint density at radius 1 is 1.19 bits per heavy atom. The van der Waals surface area contributed by atoms with Crippen LogP contribution in [0.25, 0.3) is 10.4 Å². The first-order valence-corrected chi connectivity index (χ1v) is 13.5. The molecule has 2 aromatic heterocycles. The highest BCUT2D eigenvalue weighted by Crippen LogP contribution is 2.43. The Hall–Kier alpha value is -3.04. The van der Waals surface area contributed by atoms with Gasteiger partial charge in [-0.15, -0.1) is 11.3 Å². The molecule has 9 heteroatoms. The molecule has 0 spiro atoms. The number of aliphatic hydroxyl groups is 1. The molecule has 0 saturated heterocycles. The van der Waals surface area contributed by atoms with Crippen molar-refractivity contribution in [3.8, 4) is 16.3 Å². The third-order valence-corrected chi connectivity index (χ3v) is 7.30. The summed E-state index contributed by atoms with van der Waals surface area (Å²) in [5.74, 6) is 0.605. The summed E-state index contributed by atoms with van der Waals surface area (Å²) in [6, 6.07) is 7.87. The molecule has 0 radical (unpaired) electrons. The fourth-order valence-electron chi connectivity index (χ4n) is 4.39. The zero-order chi connectivity index (χ0) is 26.8. The highest BCUT2D eigenvalue weighted by Gasteiger charge is 2.40. The average Bonchev–Trinajstić information content (AvgIpc) is 3.29. The van der Waals surface area contributed by atoms with E-state index in [4.69, 9.17) is 9.47 Å². The van der Waals surface area contributed by atoms with E-state index < -0.39 is 11.2 Å². The van der Waals surface area contributed by atoms with E-state index in [0.29, 0.717) is 42.5 Å². The minimum Gasteiger partial charge on any atom is -0.475 e. The van der Waals surface area contributed by atoms with Gasteiger partial charge in [0.2, 0.25) is 11.8 Å². The number of aryl methyl sites for hydroxylation is 1. The number of rotatable bonds is 7. The molecule has 0 aliphatic heterocycles. The first-order chi connectivity index (χ1) is 17.4. The summed E-state index contributed by atoms with van der Waals surface area (Å²) in [6.07, 6.45) is 5.63. The van der Waals surface area contributed by atoms with Crippen LogP contribution >= 0.6 is 11.3 Å². The topological polar surface area (TPSA) is 106 Å². The first kappa shape index (κ1) is 27.0. The molecule has 1 aromatic carbocycles. The molecule has 8 nitrogen and oxygen atoms in total. The molecule has 0 unspecified atom stereocenters. The van der Waals surface area contributed by atoms with Crippen molar-refractivity contribution >= 4 is 28.9 Å². The number of nitrogens with one attached hydrogen (secondary N) is 1. The maximum Gasteiger partial charge on any atom is 0.309 e. The lowest BCUT2D eigenvalue weighted by molar-refractivity contribution is -0.163. The maximum absolute atomic E-state index is 12.5. The molecular weight excluding hydrogens is 488 g/mol. The quantitative estimate of drug-likeness (QED) is 0.354. The van der Waals surface area contributed by atoms with E-state index in [9.17, 15) is 9.90 Å². The Kier molecular flexibility index (Phi) is 7.85. The van der Waals surface area contributed by atoms with Gasteiger partial charge in [-0.05, 0) is 90.5 Å². The summed E-state index contributed by atoms with van der Waals surface area (Å²) in [4.78, 5) is 26.8. The van der Waals surface area contributed by atoms with Gasteiger partial charge in [0.1, 0.15) is 16.2 Å². The van der Waals surface area contributed by atoms with Gasteiger partial charge in [0.25, 0.3) is 0 Å². The number of benzene rings is 1. The van der Waals surface area contributed by atoms with Gasteiger partial charge in [0, 0.05) is 24.1 Å². The normalized spacial score (nSPS) is 20.1. The Morgan fingerprint density at radius 3 is 2.59 bits per heavy atom. The highest BCUT2D eigenvalue weighted by atomic mass is 32.1. The molecule has 2 N–H and O–H groups in total. The van der Waals surface area contributed by atoms with Gasteiger partial charge >= 0.3 is 5.97 Å². The lowest BCUT2D eigenvalue weighted by Crippen LogP contribution is -2.36. The Balaban J connectivity index is 1.47. The van der Waals surface area contributed by atoms with Crippen molar-refractivity contribution in [2.45, 2.75) is 84.5 Å². The third-order valence-electron chi connectivity index (χ3n) is 6.06. The molecule has 0 amide bonds. The van der Waals surface area contributed by atoms with Gasteiger partial charge in [-0.3, -0.25) is 4.79 Å². The molecular formula is C28H36N4O4S. The molecule has 198 valence electrons. The van der Waals surface area contributed by atoms with Crippen LogP contribution in [0.2, 0.25) is 0 Å². The van der Waals surface area contributed by atoms with Gasteiger partial charge in [-0.25, -0.2) is 9.97 Å². The summed E-state index contributed by atoms with van der Waals surface area (Å²) < 4.78 is 11.2. The monoisotopic (exact) mass is 524 g/mol. The number of carbonyl (C=O) groups excluding carboxylic acids is 1. The van der Waals surface area contributed by atoms with E-state index in [1.54, 1.807) is 12.3 Å². The second kappa shape index (κ2) is 10.8. The fourth-order valence-corrected chi connectivity index (χ4v) is 5.44. The maximum atomic E-state index is 12.5. The molecule has 1 aliphatic carbocycles. The van der Waals surface area contributed by atoms with Crippen molar-refractivity contribution in [1.29, 1.82) is 0 Å². The van der Waals surface area contributed by atoms with E-state index in [1.165, 1.54) is 11.3 Å². The number of hydrogen-bond acceptors (Lipinski definition) is 9. The largest absolute Gasteiger partial charge is 0.475 e. The standard InChI is InChI=1S/C28H36N4O4S/c1-17(2)35-23-9-12-29-26(32-23)31-21-14-18(3)13-20(15-21)22-16-30-25(37-22)28(34)10-7-19(8-11-28)24(33)36-27(4,5)6/h9,12-17,19,34H,7-8,10-11H2,1-6H3,(H,29,31,32)/t19-,28-. The van der Waals surface area contributed by atoms with Crippen molar-refractivity contribution in [3.05, 3.63) is 47.2 Å². The van der Waals surface area contributed by atoms with Crippen molar-refractivity contribution < 1.29 is 19.4 Å². The van der Waals surface area contributed by atoms with Crippen LogP contribution in [-0.2, 0) is 15.1 Å².